The Hall–Kier alpha value is -0.330. The minimum atomic E-state index is 0.528. The summed E-state index contributed by atoms with van der Waals surface area (Å²) in [7, 11) is 0. The molecule has 0 fully saturated rings. The van der Waals surface area contributed by atoms with E-state index in [0.717, 1.165) is 0 Å². The Bertz CT molecular complexity index is 166. The molecule has 0 saturated carbocycles. The third-order valence-electron chi connectivity index (χ3n) is 2.27. The molecule has 58 valence electrons. The molecule has 1 heteroatoms. The van der Waals surface area contributed by atoms with Crippen molar-refractivity contribution in [1.82, 2.24) is 0 Å². The van der Waals surface area contributed by atoms with Crippen molar-refractivity contribution in [3.05, 3.63) is 0 Å². The smallest absolute Gasteiger partial charge is 0.149 e. The second-order valence-corrected chi connectivity index (χ2v) is 4.09. The fourth-order valence-corrected chi connectivity index (χ4v) is 1.89. The molecule has 0 spiro atoms. The first-order valence-electron chi connectivity index (χ1n) is 4.12. The van der Waals surface area contributed by atoms with Crippen molar-refractivity contribution in [3.8, 4) is 0 Å². The summed E-state index contributed by atoms with van der Waals surface area (Å²) in [5.41, 5.74) is 2.09. The van der Waals surface area contributed by atoms with Crippen LogP contribution < -0.4 is 0 Å². The van der Waals surface area contributed by atoms with Crippen molar-refractivity contribution < 1.29 is 4.58 Å². The van der Waals surface area contributed by atoms with E-state index in [0.29, 0.717) is 5.41 Å². The van der Waals surface area contributed by atoms with E-state index in [1.165, 1.54) is 19.5 Å². The lowest BCUT2D eigenvalue weighted by atomic mass is 9.91. The van der Waals surface area contributed by atoms with E-state index < -0.39 is 0 Å². The van der Waals surface area contributed by atoms with Crippen molar-refractivity contribution in [2.75, 3.05) is 13.1 Å². The maximum atomic E-state index is 2.47. The van der Waals surface area contributed by atoms with Crippen LogP contribution in [-0.2, 0) is 0 Å². The lowest BCUT2D eigenvalue weighted by Gasteiger charge is -2.10. The van der Waals surface area contributed by atoms with Gasteiger partial charge in [0.1, 0.15) is 18.8 Å². The van der Waals surface area contributed by atoms with Crippen LogP contribution in [0.2, 0.25) is 0 Å². The van der Waals surface area contributed by atoms with E-state index >= 15 is 0 Å². The monoisotopic (exact) mass is 140 g/mol. The summed E-state index contributed by atoms with van der Waals surface area (Å²) in [6, 6.07) is 0. The highest BCUT2D eigenvalue weighted by Crippen LogP contribution is 2.26. The fraction of sp³-hybridized carbons (Fsp3) is 0.889. The van der Waals surface area contributed by atoms with E-state index in [4.69, 9.17) is 0 Å². The van der Waals surface area contributed by atoms with Crippen LogP contribution in [0.5, 0.6) is 0 Å². The Balaban J connectivity index is 2.68. The zero-order valence-electron chi connectivity index (χ0n) is 7.57. The molecule has 1 rings (SSSR count). The Kier molecular flexibility index (Phi) is 1.84. The molecule has 0 amide bonds. The first-order valence-corrected chi connectivity index (χ1v) is 4.12. The molecular weight excluding hydrogens is 122 g/mol. The Morgan fingerprint density at radius 1 is 1.50 bits per heavy atom. The van der Waals surface area contributed by atoms with Gasteiger partial charge in [-0.3, -0.25) is 0 Å². The van der Waals surface area contributed by atoms with Crippen LogP contribution in [0.25, 0.3) is 0 Å². The van der Waals surface area contributed by atoms with E-state index in [1.807, 2.05) is 0 Å². The molecule has 1 heterocycles. The fourth-order valence-electron chi connectivity index (χ4n) is 1.89. The summed E-state index contributed by atoms with van der Waals surface area (Å²) in [6.07, 6.45) is 1.28. The van der Waals surface area contributed by atoms with E-state index in [-0.39, 0.29) is 0 Å². The molecule has 0 aromatic carbocycles. The zero-order chi connectivity index (χ0) is 7.78. The Morgan fingerprint density at radius 3 is 2.30 bits per heavy atom. The van der Waals surface area contributed by atoms with Gasteiger partial charge < -0.3 is 0 Å². The number of nitrogens with zero attached hydrogens (tertiary/aromatic N) is 1. The lowest BCUT2D eigenvalue weighted by molar-refractivity contribution is -0.526. The summed E-state index contributed by atoms with van der Waals surface area (Å²) < 4.78 is 2.47. The normalized spacial score (nSPS) is 24.0. The third-order valence-corrected chi connectivity index (χ3v) is 2.27. The molecule has 1 nitrogen and oxygen atoms in total. The highest BCUT2D eigenvalue weighted by molar-refractivity contribution is 5.78. The zero-order valence-corrected chi connectivity index (χ0v) is 7.57. The molecule has 0 aromatic heterocycles. The van der Waals surface area contributed by atoms with Gasteiger partial charge >= 0.3 is 0 Å². The van der Waals surface area contributed by atoms with Gasteiger partial charge in [0.05, 0.1) is 0 Å². The summed E-state index contributed by atoms with van der Waals surface area (Å²) in [4.78, 5) is 0. The van der Waals surface area contributed by atoms with Crippen LogP contribution in [0.15, 0.2) is 0 Å². The minimum absolute atomic E-state index is 0.528. The maximum absolute atomic E-state index is 2.47. The molecule has 0 saturated heterocycles. The average Bonchev–Trinajstić information content (AvgIpc) is 2.05. The van der Waals surface area contributed by atoms with Gasteiger partial charge in [-0.25, -0.2) is 4.58 Å². The molecule has 1 aliphatic heterocycles. The van der Waals surface area contributed by atoms with Crippen molar-refractivity contribution in [1.29, 1.82) is 0 Å². The molecule has 10 heavy (non-hydrogen) atoms. The van der Waals surface area contributed by atoms with Gasteiger partial charge in [-0.05, 0) is 6.92 Å². The molecule has 0 aliphatic carbocycles. The lowest BCUT2D eigenvalue weighted by Crippen LogP contribution is -2.18. The van der Waals surface area contributed by atoms with E-state index in [2.05, 4.69) is 32.3 Å². The van der Waals surface area contributed by atoms with Crippen molar-refractivity contribution in [3.63, 3.8) is 0 Å². The predicted octanol–water partition coefficient (Wildman–Crippen LogP) is 1.91. The largest absolute Gasteiger partial charge is 0.237 e. The second-order valence-electron chi connectivity index (χ2n) is 4.09. The predicted molar refractivity (Wildman–Crippen MR) is 44.7 cm³/mol. The van der Waals surface area contributed by atoms with Crippen LogP contribution in [-0.4, -0.2) is 23.4 Å². The highest BCUT2D eigenvalue weighted by atomic mass is 15.0. The molecular formula is C9H18N+. The summed E-state index contributed by atoms with van der Waals surface area (Å²) in [5, 5.41) is 0. The second kappa shape index (κ2) is 2.37. The van der Waals surface area contributed by atoms with Gasteiger partial charge in [0.2, 0.25) is 0 Å². The van der Waals surface area contributed by atoms with E-state index in [9.17, 15) is 0 Å². The SMILES string of the molecule is CC[N+]1=C(C)CC(C)(C)C1. The van der Waals surface area contributed by atoms with Gasteiger partial charge in [-0.2, -0.15) is 0 Å². The first kappa shape index (κ1) is 7.77. The van der Waals surface area contributed by atoms with Gasteiger partial charge in [-0.15, -0.1) is 0 Å². The van der Waals surface area contributed by atoms with Crippen LogP contribution in [0, 0.1) is 5.41 Å². The third kappa shape index (κ3) is 1.39. The molecule has 1 aliphatic rings. The van der Waals surface area contributed by atoms with Crippen molar-refractivity contribution in [2.45, 2.75) is 34.1 Å². The topological polar surface area (TPSA) is 3.01 Å². The van der Waals surface area contributed by atoms with Gasteiger partial charge in [0.15, 0.2) is 0 Å². The first-order chi connectivity index (χ1) is 4.55. The van der Waals surface area contributed by atoms with Gasteiger partial charge in [0.25, 0.3) is 0 Å². The van der Waals surface area contributed by atoms with Crippen LogP contribution in [0.3, 0.4) is 0 Å². The standard InChI is InChI=1S/C9H18N/c1-5-10-7-9(3,4)6-8(10)2/h5-7H2,1-4H3/q+1. The Labute approximate surface area is 63.8 Å². The number of hydrogen-bond donors (Lipinski definition) is 0. The molecule has 0 bridgehead atoms. The Morgan fingerprint density at radius 2 is 2.10 bits per heavy atom. The molecule has 0 aromatic rings. The van der Waals surface area contributed by atoms with Crippen LogP contribution in [0.4, 0.5) is 0 Å². The average molecular weight is 140 g/mol. The summed E-state index contributed by atoms with van der Waals surface area (Å²) in [6.45, 7) is 11.6. The molecule has 0 N–H and O–H groups in total. The minimum Gasteiger partial charge on any atom is -0.237 e. The number of hydrogen-bond acceptors (Lipinski definition) is 0. The van der Waals surface area contributed by atoms with Gasteiger partial charge in [0, 0.05) is 18.8 Å². The van der Waals surface area contributed by atoms with Crippen molar-refractivity contribution in [2.24, 2.45) is 5.41 Å². The van der Waals surface area contributed by atoms with Crippen molar-refractivity contribution >= 4 is 5.71 Å². The number of rotatable bonds is 1. The highest BCUT2D eigenvalue weighted by Gasteiger charge is 2.33. The molecule has 0 atom stereocenters. The van der Waals surface area contributed by atoms with Gasteiger partial charge in [-0.1, -0.05) is 13.8 Å². The van der Waals surface area contributed by atoms with E-state index in [1.54, 1.807) is 5.71 Å². The summed E-state index contributed by atoms with van der Waals surface area (Å²) in [5.74, 6) is 0. The maximum Gasteiger partial charge on any atom is 0.149 e. The van der Waals surface area contributed by atoms with Crippen LogP contribution >= 0.6 is 0 Å². The van der Waals surface area contributed by atoms with Crippen LogP contribution in [0.1, 0.15) is 34.1 Å². The quantitative estimate of drug-likeness (QED) is 0.489. The summed E-state index contributed by atoms with van der Waals surface area (Å²) >= 11 is 0. The molecule has 0 unspecified atom stereocenters. The molecule has 0 radical (unpaired) electrons.